The fourth-order valence-electron chi connectivity index (χ4n) is 2.63. The van der Waals surface area contributed by atoms with Gasteiger partial charge in [0.05, 0.1) is 0 Å². The first kappa shape index (κ1) is 11.4. The Morgan fingerprint density at radius 2 is 2.00 bits per heavy atom. The van der Waals surface area contributed by atoms with E-state index in [2.05, 4.69) is 53.6 Å². The van der Waals surface area contributed by atoms with Crippen molar-refractivity contribution in [2.24, 2.45) is 0 Å². The normalized spacial score (nSPS) is 18.8. The lowest BCUT2D eigenvalue weighted by Gasteiger charge is -2.31. The van der Waals surface area contributed by atoms with Gasteiger partial charge < -0.3 is 5.32 Å². The van der Waals surface area contributed by atoms with E-state index in [1.54, 1.807) is 0 Å². The van der Waals surface area contributed by atoms with Crippen LogP contribution in [0, 0.1) is 0 Å². The molecule has 1 N–H and O–H groups in total. The molecule has 2 heteroatoms. The molecule has 1 aromatic heterocycles. The summed E-state index contributed by atoms with van der Waals surface area (Å²) < 4.78 is 0. The predicted molar refractivity (Wildman–Crippen MR) is 73.5 cm³/mol. The molecule has 1 unspecified atom stereocenters. The average molecular weight is 238 g/mol. The molecule has 0 spiro atoms. The minimum Gasteiger partial charge on any atom is -0.310 e. The van der Waals surface area contributed by atoms with E-state index in [-0.39, 0.29) is 0 Å². The van der Waals surface area contributed by atoms with E-state index in [0.29, 0.717) is 12.0 Å². The molecule has 2 nitrogen and oxygen atoms in total. The van der Waals surface area contributed by atoms with Crippen molar-refractivity contribution in [1.29, 1.82) is 0 Å². The summed E-state index contributed by atoms with van der Waals surface area (Å²) in [5.74, 6) is 0.686. The second kappa shape index (κ2) is 4.91. The van der Waals surface area contributed by atoms with Crippen LogP contribution in [0.15, 0.2) is 48.8 Å². The Morgan fingerprint density at radius 3 is 2.78 bits per heavy atom. The average Bonchev–Trinajstić information content (AvgIpc) is 2.40. The predicted octanol–water partition coefficient (Wildman–Crippen LogP) is 3.07. The Bertz CT molecular complexity index is 520. The van der Waals surface area contributed by atoms with E-state index in [1.807, 2.05) is 12.4 Å². The minimum atomic E-state index is 0.390. The number of benzene rings is 1. The van der Waals surface area contributed by atoms with Crippen molar-refractivity contribution in [3.05, 3.63) is 65.5 Å². The highest BCUT2D eigenvalue weighted by atomic mass is 14.9. The van der Waals surface area contributed by atoms with Crippen molar-refractivity contribution in [2.45, 2.75) is 25.3 Å². The Kier molecular flexibility index (Phi) is 3.11. The molecule has 0 saturated heterocycles. The quantitative estimate of drug-likeness (QED) is 0.885. The van der Waals surface area contributed by atoms with Crippen LogP contribution in [0.4, 0.5) is 0 Å². The van der Waals surface area contributed by atoms with Gasteiger partial charge in [0.2, 0.25) is 0 Å². The van der Waals surface area contributed by atoms with Gasteiger partial charge in [-0.3, -0.25) is 4.98 Å². The Morgan fingerprint density at radius 1 is 1.22 bits per heavy atom. The first-order chi connectivity index (χ1) is 8.84. The highest BCUT2D eigenvalue weighted by Crippen LogP contribution is 2.34. The van der Waals surface area contributed by atoms with Crippen molar-refractivity contribution in [1.82, 2.24) is 10.3 Å². The van der Waals surface area contributed by atoms with Gasteiger partial charge in [0.25, 0.3) is 0 Å². The maximum atomic E-state index is 4.05. The van der Waals surface area contributed by atoms with Gasteiger partial charge in [-0.25, -0.2) is 0 Å². The highest BCUT2D eigenvalue weighted by molar-refractivity contribution is 5.40. The van der Waals surface area contributed by atoms with Crippen LogP contribution in [0.25, 0.3) is 0 Å². The molecule has 92 valence electrons. The number of aromatic nitrogens is 1. The fraction of sp³-hybridized carbons (Fsp3) is 0.312. The second-order valence-electron chi connectivity index (χ2n) is 5.01. The maximum Gasteiger partial charge on any atom is 0.0293 e. The number of hydrogen-bond donors (Lipinski definition) is 1. The molecule has 3 rings (SSSR count). The molecule has 1 heterocycles. The van der Waals surface area contributed by atoms with Crippen molar-refractivity contribution >= 4 is 0 Å². The molecule has 1 aliphatic carbocycles. The summed E-state index contributed by atoms with van der Waals surface area (Å²) in [6.45, 7) is 3.26. The smallest absolute Gasteiger partial charge is 0.0293 e. The molecule has 0 aliphatic heterocycles. The standard InChI is InChI=1S/C16H18N2/c1-12(13-6-8-17-9-7-13)18-11-15-10-14-4-2-3-5-16(14)15/h2-9,12,15,18H,10-11H2,1H3/t12-,15?/m0/s1. The van der Waals surface area contributed by atoms with Gasteiger partial charge in [-0.15, -0.1) is 0 Å². The van der Waals surface area contributed by atoms with Gasteiger partial charge >= 0.3 is 0 Å². The summed E-state index contributed by atoms with van der Waals surface area (Å²) in [5, 5.41) is 3.61. The number of pyridine rings is 1. The van der Waals surface area contributed by atoms with Gasteiger partial charge in [-0.05, 0) is 42.2 Å². The largest absolute Gasteiger partial charge is 0.310 e. The Labute approximate surface area is 108 Å². The summed E-state index contributed by atoms with van der Waals surface area (Å²) in [6.07, 6.45) is 4.92. The molecule has 2 atom stereocenters. The lowest BCUT2D eigenvalue weighted by atomic mass is 9.77. The molecule has 0 saturated carbocycles. The third-order valence-electron chi connectivity index (χ3n) is 3.84. The van der Waals surface area contributed by atoms with Crippen molar-refractivity contribution < 1.29 is 0 Å². The van der Waals surface area contributed by atoms with E-state index in [0.717, 1.165) is 6.54 Å². The van der Waals surface area contributed by atoms with Crippen LogP contribution in [0.2, 0.25) is 0 Å². The molecule has 0 bridgehead atoms. The van der Waals surface area contributed by atoms with E-state index in [4.69, 9.17) is 0 Å². The molecule has 0 fully saturated rings. The van der Waals surface area contributed by atoms with Crippen LogP contribution in [0.1, 0.15) is 35.6 Å². The minimum absolute atomic E-state index is 0.390. The van der Waals surface area contributed by atoms with Gasteiger partial charge in [0.1, 0.15) is 0 Å². The van der Waals surface area contributed by atoms with Crippen molar-refractivity contribution in [3.63, 3.8) is 0 Å². The molecule has 2 aromatic rings. The first-order valence-corrected chi connectivity index (χ1v) is 6.55. The van der Waals surface area contributed by atoms with Gasteiger partial charge in [-0.2, -0.15) is 0 Å². The lowest BCUT2D eigenvalue weighted by molar-refractivity contribution is 0.489. The Balaban J connectivity index is 1.58. The van der Waals surface area contributed by atoms with Crippen LogP contribution in [-0.2, 0) is 6.42 Å². The van der Waals surface area contributed by atoms with E-state index < -0.39 is 0 Å². The zero-order chi connectivity index (χ0) is 12.4. The molecule has 0 radical (unpaired) electrons. The highest BCUT2D eigenvalue weighted by Gasteiger charge is 2.25. The number of rotatable bonds is 4. The molecule has 18 heavy (non-hydrogen) atoms. The summed E-state index contributed by atoms with van der Waals surface area (Å²) in [4.78, 5) is 4.05. The SMILES string of the molecule is C[C@H](NCC1Cc2ccccc21)c1ccncc1. The maximum absolute atomic E-state index is 4.05. The molecule has 0 amide bonds. The summed E-state index contributed by atoms with van der Waals surface area (Å²) in [6, 6.07) is 13.3. The van der Waals surface area contributed by atoms with Crippen LogP contribution in [0.3, 0.4) is 0 Å². The van der Waals surface area contributed by atoms with Gasteiger partial charge in [0, 0.05) is 30.9 Å². The molecule has 1 aliphatic rings. The number of hydrogen-bond acceptors (Lipinski definition) is 2. The molecule has 1 aromatic carbocycles. The van der Waals surface area contributed by atoms with Gasteiger partial charge in [-0.1, -0.05) is 24.3 Å². The molecular weight excluding hydrogens is 220 g/mol. The van der Waals surface area contributed by atoms with Crippen LogP contribution < -0.4 is 5.32 Å². The zero-order valence-corrected chi connectivity index (χ0v) is 10.6. The number of nitrogens with one attached hydrogen (secondary N) is 1. The monoisotopic (exact) mass is 238 g/mol. The zero-order valence-electron chi connectivity index (χ0n) is 10.6. The lowest BCUT2D eigenvalue weighted by Crippen LogP contribution is -2.30. The number of fused-ring (bicyclic) bond motifs is 1. The first-order valence-electron chi connectivity index (χ1n) is 6.55. The summed E-state index contributed by atoms with van der Waals surface area (Å²) in [5.41, 5.74) is 4.34. The van der Waals surface area contributed by atoms with E-state index in [9.17, 15) is 0 Å². The topological polar surface area (TPSA) is 24.9 Å². The summed E-state index contributed by atoms with van der Waals surface area (Å²) >= 11 is 0. The van der Waals surface area contributed by atoms with Crippen molar-refractivity contribution in [3.8, 4) is 0 Å². The van der Waals surface area contributed by atoms with Crippen LogP contribution in [0.5, 0.6) is 0 Å². The van der Waals surface area contributed by atoms with E-state index in [1.165, 1.54) is 23.1 Å². The summed E-state index contributed by atoms with van der Waals surface area (Å²) in [7, 11) is 0. The third-order valence-corrected chi connectivity index (χ3v) is 3.84. The fourth-order valence-corrected chi connectivity index (χ4v) is 2.63. The van der Waals surface area contributed by atoms with Crippen LogP contribution in [-0.4, -0.2) is 11.5 Å². The van der Waals surface area contributed by atoms with E-state index >= 15 is 0 Å². The number of nitrogens with zero attached hydrogens (tertiary/aromatic N) is 1. The van der Waals surface area contributed by atoms with Crippen LogP contribution >= 0.6 is 0 Å². The Hall–Kier alpha value is -1.67. The van der Waals surface area contributed by atoms with Gasteiger partial charge in [0.15, 0.2) is 0 Å². The molecular formula is C16H18N2. The van der Waals surface area contributed by atoms with Crippen molar-refractivity contribution in [2.75, 3.05) is 6.54 Å². The third kappa shape index (κ3) is 2.16. The second-order valence-corrected chi connectivity index (χ2v) is 5.01.